The van der Waals surface area contributed by atoms with Crippen molar-refractivity contribution in [1.29, 1.82) is 0 Å². The third-order valence-electron chi connectivity index (χ3n) is 2.86. The van der Waals surface area contributed by atoms with Gasteiger partial charge in [-0.3, -0.25) is 0 Å². The first-order valence-corrected chi connectivity index (χ1v) is 6.49. The second-order valence-electron chi connectivity index (χ2n) is 5.04. The van der Waals surface area contributed by atoms with Gasteiger partial charge in [0.1, 0.15) is 5.75 Å². The number of ether oxygens (including phenoxy) is 1. The number of hydrogen-bond acceptors (Lipinski definition) is 3. The van der Waals surface area contributed by atoms with Gasteiger partial charge in [0.05, 0.1) is 24.6 Å². The Morgan fingerprint density at radius 2 is 1.95 bits per heavy atom. The number of rotatable bonds is 5. The molecule has 19 heavy (non-hydrogen) atoms. The monoisotopic (exact) mass is 260 g/mol. The smallest absolute Gasteiger partial charge is 0.119 e. The van der Waals surface area contributed by atoms with Gasteiger partial charge in [-0.2, -0.15) is 5.10 Å². The van der Waals surface area contributed by atoms with Gasteiger partial charge in [-0.15, -0.1) is 0 Å². The van der Waals surface area contributed by atoms with Crippen molar-refractivity contribution in [1.82, 2.24) is 9.78 Å². The van der Waals surface area contributed by atoms with Gasteiger partial charge < -0.3 is 9.84 Å². The molecule has 1 aromatic carbocycles. The number of aliphatic hydroxyl groups is 1. The number of aliphatic hydroxyl groups excluding tert-OH is 1. The first-order valence-electron chi connectivity index (χ1n) is 6.49. The van der Waals surface area contributed by atoms with Gasteiger partial charge in [0.2, 0.25) is 0 Å². The van der Waals surface area contributed by atoms with Crippen LogP contribution in [0, 0.1) is 12.8 Å². The summed E-state index contributed by atoms with van der Waals surface area (Å²) in [6.45, 7) is 6.87. The summed E-state index contributed by atoms with van der Waals surface area (Å²) in [6.07, 6.45) is 1.85. The first kappa shape index (κ1) is 13.6. The molecular formula is C15H20N2O2. The lowest BCUT2D eigenvalue weighted by Crippen LogP contribution is -2.04. The van der Waals surface area contributed by atoms with Gasteiger partial charge in [-0.1, -0.05) is 13.8 Å². The van der Waals surface area contributed by atoms with Crippen LogP contribution in [0.1, 0.15) is 25.1 Å². The lowest BCUT2D eigenvalue weighted by molar-refractivity contribution is 0.271. The number of aromatic nitrogens is 2. The third-order valence-corrected chi connectivity index (χ3v) is 2.86. The van der Waals surface area contributed by atoms with Crippen LogP contribution in [0.25, 0.3) is 5.69 Å². The Morgan fingerprint density at radius 3 is 2.47 bits per heavy atom. The summed E-state index contributed by atoms with van der Waals surface area (Å²) in [6, 6.07) is 7.80. The molecule has 0 atom stereocenters. The standard InChI is InChI=1S/C15H20N2O2/c1-11(2)10-19-15-6-4-14(5-7-15)17-8-13(9-18)12(3)16-17/h4-8,11,18H,9-10H2,1-3H3. The summed E-state index contributed by atoms with van der Waals surface area (Å²) in [5.41, 5.74) is 2.66. The second-order valence-corrected chi connectivity index (χ2v) is 5.04. The van der Waals surface area contributed by atoms with Crippen LogP contribution in [-0.2, 0) is 6.61 Å². The minimum atomic E-state index is 0.0153. The van der Waals surface area contributed by atoms with E-state index in [4.69, 9.17) is 4.74 Å². The van der Waals surface area contributed by atoms with E-state index in [1.807, 2.05) is 37.4 Å². The van der Waals surface area contributed by atoms with Crippen molar-refractivity contribution in [3.8, 4) is 11.4 Å². The van der Waals surface area contributed by atoms with E-state index in [2.05, 4.69) is 18.9 Å². The molecule has 1 N–H and O–H groups in total. The third kappa shape index (κ3) is 3.35. The summed E-state index contributed by atoms with van der Waals surface area (Å²) in [5.74, 6) is 1.38. The molecule has 0 fully saturated rings. The van der Waals surface area contributed by atoms with E-state index in [9.17, 15) is 5.11 Å². The van der Waals surface area contributed by atoms with E-state index < -0.39 is 0 Å². The molecule has 0 aliphatic carbocycles. The predicted octanol–water partition coefficient (Wildman–Crippen LogP) is 2.71. The second kappa shape index (κ2) is 5.89. The zero-order valence-corrected chi connectivity index (χ0v) is 11.6. The molecule has 2 rings (SSSR count). The van der Waals surface area contributed by atoms with E-state index in [0.717, 1.165) is 29.3 Å². The Bertz CT molecular complexity index is 530. The minimum Gasteiger partial charge on any atom is -0.493 e. The summed E-state index contributed by atoms with van der Waals surface area (Å²) >= 11 is 0. The van der Waals surface area contributed by atoms with Crippen molar-refractivity contribution in [2.24, 2.45) is 5.92 Å². The molecular weight excluding hydrogens is 240 g/mol. The van der Waals surface area contributed by atoms with E-state index in [1.165, 1.54) is 0 Å². The SMILES string of the molecule is Cc1nn(-c2ccc(OCC(C)C)cc2)cc1CO. The van der Waals surface area contributed by atoms with Gasteiger partial charge in [0.15, 0.2) is 0 Å². The summed E-state index contributed by atoms with van der Waals surface area (Å²) in [5, 5.41) is 13.5. The van der Waals surface area contributed by atoms with Gasteiger partial charge in [-0.25, -0.2) is 4.68 Å². The maximum Gasteiger partial charge on any atom is 0.119 e. The van der Waals surface area contributed by atoms with Crippen LogP contribution in [0.15, 0.2) is 30.5 Å². The fourth-order valence-electron chi connectivity index (χ4n) is 1.74. The Balaban J connectivity index is 2.13. The Kier molecular flexibility index (Phi) is 4.22. The van der Waals surface area contributed by atoms with Crippen LogP contribution in [0.5, 0.6) is 5.75 Å². The summed E-state index contributed by atoms with van der Waals surface area (Å²) < 4.78 is 7.41. The van der Waals surface area contributed by atoms with Crippen molar-refractivity contribution in [2.45, 2.75) is 27.4 Å². The van der Waals surface area contributed by atoms with Gasteiger partial charge in [-0.05, 0) is 37.1 Å². The van der Waals surface area contributed by atoms with E-state index in [-0.39, 0.29) is 6.61 Å². The number of nitrogens with zero attached hydrogens (tertiary/aromatic N) is 2. The Morgan fingerprint density at radius 1 is 1.26 bits per heavy atom. The zero-order chi connectivity index (χ0) is 13.8. The van der Waals surface area contributed by atoms with Crippen LogP contribution in [0.2, 0.25) is 0 Å². The average molecular weight is 260 g/mol. The number of benzene rings is 1. The van der Waals surface area contributed by atoms with Gasteiger partial charge in [0, 0.05) is 11.8 Å². The average Bonchev–Trinajstić information content (AvgIpc) is 2.78. The first-order chi connectivity index (χ1) is 9.10. The van der Waals surface area contributed by atoms with Crippen LogP contribution >= 0.6 is 0 Å². The van der Waals surface area contributed by atoms with Crippen molar-refractivity contribution in [2.75, 3.05) is 6.61 Å². The lowest BCUT2D eigenvalue weighted by atomic mass is 10.2. The normalized spacial score (nSPS) is 11.0. The molecule has 0 aliphatic heterocycles. The topological polar surface area (TPSA) is 47.3 Å². The molecule has 102 valence electrons. The zero-order valence-electron chi connectivity index (χ0n) is 11.6. The van der Waals surface area contributed by atoms with Crippen molar-refractivity contribution in [3.05, 3.63) is 41.7 Å². The molecule has 0 saturated carbocycles. The van der Waals surface area contributed by atoms with Crippen LogP contribution in [0.4, 0.5) is 0 Å². The number of hydrogen-bond donors (Lipinski definition) is 1. The summed E-state index contributed by atoms with van der Waals surface area (Å²) in [4.78, 5) is 0. The van der Waals surface area contributed by atoms with Crippen LogP contribution in [-0.4, -0.2) is 21.5 Å². The highest BCUT2D eigenvalue weighted by atomic mass is 16.5. The highest BCUT2D eigenvalue weighted by molar-refractivity contribution is 5.37. The number of aryl methyl sites for hydroxylation is 1. The molecule has 1 heterocycles. The lowest BCUT2D eigenvalue weighted by Gasteiger charge is -2.09. The Labute approximate surface area is 113 Å². The van der Waals surface area contributed by atoms with Crippen LogP contribution < -0.4 is 4.74 Å². The molecule has 1 aromatic heterocycles. The van der Waals surface area contributed by atoms with Crippen LogP contribution in [0.3, 0.4) is 0 Å². The van der Waals surface area contributed by atoms with E-state index in [1.54, 1.807) is 4.68 Å². The minimum absolute atomic E-state index is 0.0153. The molecule has 0 aliphatic rings. The molecule has 0 saturated heterocycles. The fourth-order valence-corrected chi connectivity index (χ4v) is 1.74. The molecule has 2 aromatic rings. The highest BCUT2D eigenvalue weighted by Gasteiger charge is 2.05. The predicted molar refractivity (Wildman–Crippen MR) is 74.6 cm³/mol. The summed E-state index contributed by atoms with van der Waals surface area (Å²) in [7, 11) is 0. The molecule has 0 spiro atoms. The largest absolute Gasteiger partial charge is 0.493 e. The highest BCUT2D eigenvalue weighted by Crippen LogP contribution is 2.17. The Hall–Kier alpha value is -1.81. The maximum atomic E-state index is 9.17. The maximum absolute atomic E-state index is 9.17. The van der Waals surface area contributed by atoms with E-state index in [0.29, 0.717) is 5.92 Å². The molecule has 0 bridgehead atoms. The fraction of sp³-hybridized carbons (Fsp3) is 0.400. The van der Waals surface area contributed by atoms with Gasteiger partial charge >= 0.3 is 0 Å². The van der Waals surface area contributed by atoms with Crippen molar-refractivity contribution in [3.63, 3.8) is 0 Å². The molecule has 4 heteroatoms. The molecule has 0 amide bonds. The van der Waals surface area contributed by atoms with E-state index >= 15 is 0 Å². The molecule has 0 radical (unpaired) electrons. The quantitative estimate of drug-likeness (QED) is 0.899. The van der Waals surface area contributed by atoms with Crippen molar-refractivity contribution >= 4 is 0 Å². The molecule has 0 unspecified atom stereocenters. The van der Waals surface area contributed by atoms with Gasteiger partial charge in [0.25, 0.3) is 0 Å². The van der Waals surface area contributed by atoms with Crippen molar-refractivity contribution < 1.29 is 9.84 Å². The molecule has 4 nitrogen and oxygen atoms in total.